The van der Waals surface area contributed by atoms with E-state index < -0.39 is 0 Å². The Hall–Kier alpha value is -3.77. The quantitative estimate of drug-likeness (QED) is 0.412. The van der Waals surface area contributed by atoms with E-state index in [0.29, 0.717) is 0 Å². The molecule has 9 heteroatoms. The van der Waals surface area contributed by atoms with E-state index in [9.17, 15) is 4.79 Å². The summed E-state index contributed by atoms with van der Waals surface area (Å²) < 4.78 is 3.22. The van der Waals surface area contributed by atoms with Gasteiger partial charge in [0.15, 0.2) is 0 Å². The van der Waals surface area contributed by atoms with E-state index in [-0.39, 0.29) is 30.2 Å². The van der Waals surface area contributed by atoms with Crippen LogP contribution in [0, 0.1) is 11.3 Å². The smallest absolute Gasteiger partial charge is 0.252 e. The molecule has 1 aliphatic rings. The average Bonchev–Trinajstić information content (AvgIpc) is 3.33. The van der Waals surface area contributed by atoms with E-state index in [1.165, 1.54) is 0 Å². The largest absolute Gasteiger partial charge is 0.364 e. The van der Waals surface area contributed by atoms with E-state index in [0.717, 1.165) is 59.4 Å². The number of aromatic nitrogens is 5. The van der Waals surface area contributed by atoms with Crippen LogP contribution in [0.4, 0.5) is 5.69 Å². The van der Waals surface area contributed by atoms with Crippen LogP contribution in [0.25, 0.3) is 22.1 Å². The lowest BCUT2D eigenvalue weighted by Crippen LogP contribution is -2.59. The van der Waals surface area contributed by atoms with Gasteiger partial charge in [-0.05, 0) is 31.9 Å². The number of nitriles is 1. The molecule has 1 fully saturated rings. The molecule has 4 heterocycles. The Labute approximate surface area is 210 Å². The predicted molar refractivity (Wildman–Crippen MR) is 141 cm³/mol. The molecule has 0 amide bonds. The number of rotatable bonds is 6. The fourth-order valence-corrected chi connectivity index (χ4v) is 5.41. The Morgan fingerprint density at radius 3 is 2.61 bits per heavy atom. The first-order chi connectivity index (χ1) is 17.4. The van der Waals surface area contributed by atoms with Crippen molar-refractivity contribution in [2.75, 3.05) is 18.0 Å². The summed E-state index contributed by atoms with van der Waals surface area (Å²) in [5.41, 5.74) is 5.09. The van der Waals surface area contributed by atoms with E-state index in [2.05, 4.69) is 41.6 Å². The van der Waals surface area contributed by atoms with Crippen molar-refractivity contribution in [2.45, 2.75) is 58.3 Å². The van der Waals surface area contributed by atoms with Crippen LogP contribution in [-0.4, -0.2) is 54.4 Å². The zero-order chi connectivity index (χ0) is 25.4. The molecule has 9 nitrogen and oxygen atoms in total. The van der Waals surface area contributed by atoms with Crippen molar-refractivity contribution in [2.24, 2.45) is 7.05 Å². The van der Waals surface area contributed by atoms with Gasteiger partial charge in [-0.1, -0.05) is 26.0 Å². The molecule has 0 spiro atoms. The molecular weight excluding hydrogens is 452 g/mol. The standard InChI is InChI=1S/C27H32N8O/c1-5-19-16-35(24-13-26(36)32(4)25-17-33(12-11-28)31-27(24)25)20(6-2)15-34(19)18(3)23-14-29-21-9-7-8-10-22(21)30-23/h7-10,13-14,17-20H,5-6,12,15-16H2,1-4H3/t18-,19+,20-/m0/s1. The highest BCUT2D eigenvalue weighted by molar-refractivity contribution is 5.88. The summed E-state index contributed by atoms with van der Waals surface area (Å²) in [4.78, 5) is 27.4. The molecule has 5 rings (SSSR count). The fraction of sp³-hybridized carbons (Fsp3) is 0.444. The topological polar surface area (TPSA) is 95.9 Å². The van der Waals surface area contributed by atoms with Gasteiger partial charge in [-0.15, -0.1) is 0 Å². The number of para-hydroxylation sites is 2. The van der Waals surface area contributed by atoms with Crippen LogP contribution in [0.1, 0.15) is 45.3 Å². The molecular formula is C27H32N8O. The fourth-order valence-electron chi connectivity index (χ4n) is 5.41. The minimum atomic E-state index is -0.0702. The molecule has 0 N–H and O–H groups in total. The third-order valence-electron chi connectivity index (χ3n) is 7.55. The summed E-state index contributed by atoms with van der Waals surface area (Å²) in [7, 11) is 1.75. The van der Waals surface area contributed by atoms with Crippen LogP contribution in [0.2, 0.25) is 0 Å². The van der Waals surface area contributed by atoms with Gasteiger partial charge in [-0.3, -0.25) is 19.4 Å². The summed E-state index contributed by atoms with van der Waals surface area (Å²) in [6, 6.07) is 12.4. The van der Waals surface area contributed by atoms with Gasteiger partial charge < -0.3 is 9.47 Å². The van der Waals surface area contributed by atoms with Crippen LogP contribution in [-0.2, 0) is 13.6 Å². The number of anilines is 1. The lowest BCUT2D eigenvalue weighted by molar-refractivity contribution is 0.0991. The van der Waals surface area contributed by atoms with E-state index in [1.807, 2.05) is 30.5 Å². The SMILES string of the molecule is CC[C@H]1CN([C@@H](C)c2cnc3ccccc3n2)[C@H](CC)CN1c1cc(=O)n(C)c2cn(CC#N)nc12. The van der Waals surface area contributed by atoms with Crippen molar-refractivity contribution in [1.82, 2.24) is 29.2 Å². The van der Waals surface area contributed by atoms with Crippen LogP contribution >= 0.6 is 0 Å². The zero-order valence-electron chi connectivity index (χ0n) is 21.3. The highest BCUT2D eigenvalue weighted by atomic mass is 16.1. The highest BCUT2D eigenvalue weighted by Gasteiger charge is 2.36. The van der Waals surface area contributed by atoms with Crippen LogP contribution in [0.15, 0.2) is 47.5 Å². The summed E-state index contributed by atoms with van der Waals surface area (Å²) in [6.45, 7) is 8.39. The third-order valence-corrected chi connectivity index (χ3v) is 7.55. The van der Waals surface area contributed by atoms with Gasteiger partial charge in [0.25, 0.3) is 5.56 Å². The Kier molecular flexibility index (Phi) is 6.46. The van der Waals surface area contributed by atoms with Crippen molar-refractivity contribution in [3.8, 4) is 6.07 Å². The van der Waals surface area contributed by atoms with E-state index in [4.69, 9.17) is 15.3 Å². The number of hydrogen-bond donors (Lipinski definition) is 0. The van der Waals surface area contributed by atoms with E-state index in [1.54, 1.807) is 28.6 Å². The number of fused-ring (bicyclic) bond motifs is 2. The van der Waals surface area contributed by atoms with Crippen molar-refractivity contribution in [3.63, 3.8) is 0 Å². The summed E-state index contributed by atoms with van der Waals surface area (Å²) in [6.07, 6.45) is 5.59. The lowest BCUT2D eigenvalue weighted by atomic mass is 9.98. The molecule has 1 aromatic carbocycles. The van der Waals surface area contributed by atoms with Gasteiger partial charge in [0.1, 0.15) is 12.1 Å². The van der Waals surface area contributed by atoms with Crippen molar-refractivity contribution in [1.29, 1.82) is 5.26 Å². The normalized spacial score (nSPS) is 19.6. The average molecular weight is 485 g/mol. The summed E-state index contributed by atoms with van der Waals surface area (Å²) >= 11 is 0. The maximum absolute atomic E-state index is 12.9. The molecule has 1 aliphatic heterocycles. The van der Waals surface area contributed by atoms with Gasteiger partial charge in [0.05, 0.1) is 52.4 Å². The molecule has 1 saturated heterocycles. The Bertz CT molecular complexity index is 1500. The minimum absolute atomic E-state index is 0.0702. The Balaban J connectivity index is 1.51. The molecule has 3 atom stereocenters. The molecule has 4 aromatic rings. The number of nitrogens with zero attached hydrogens (tertiary/aromatic N) is 8. The predicted octanol–water partition coefficient (Wildman–Crippen LogP) is 3.64. The third kappa shape index (κ3) is 4.11. The first-order valence-electron chi connectivity index (χ1n) is 12.6. The minimum Gasteiger partial charge on any atom is -0.364 e. The summed E-state index contributed by atoms with van der Waals surface area (Å²) in [5.74, 6) is 0. The maximum atomic E-state index is 12.9. The molecule has 0 saturated carbocycles. The molecule has 0 radical (unpaired) electrons. The first kappa shape index (κ1) is 23.9. The zero-order valence-corrected chi connectivity index (χ0v) is 21.3. The number of hydrogen-bond acceptors (Lipinski definition) is 7. The second kappa shape index (κ2) is 9.70. The van der Waals surface area contributed by atoms with Gasteiger partial charge in [0, 0.05) is 38.3 Å². The van der Waals surface area contributed by atoms with Crippen LogP contribution in [0.3, 0.4) is 0 Å². The number of aryl methyl sites for hydroxylation is 1. The van der Waals surface area contributed by atoms with Gasteiger partial charge in [-0.25, -0.2) is 4.98 Å². The maximum Gasteiger partial charge on any atom is 0.252 e. The molecule has 0 unspecified atom stereocenters. The number of benzene rings is 1. The molecule has 3 aromatic heterocycles. The second-order valence-corrected chi connectivity index (χ2v) is 9.58. The lowest BCUT2D eigenvalue weighted by Gasteiger charge is -2.49. The molecule has 36 heavy (non-hydrogen) atoms. The number of piperazine rings is 1. The summed E-state index contributed by atoms with van der Waals surface area (Å²) in [5, 5.41) is 13.9. The number of pyridine rings is 1. The van der Waals surface area contributed by atoms with Crippen molar-refractivity contribution in [3.05, 3.63) is 58.8 Å². The first-order valence-corrected chi connectivity index (χ1v) is 12.6. The van der Waals surface area contributed by atoms with Crippen LogP contribution < -0.4 is 10.5 Å². The molecule has 0 aliphatic carbocycles. The van der Waals surface area contributed by atoms with Crippen molar-refractivity contribution >= 4 is 27.8 Å². The van der Waals surface area contributed by atoms with Gasteiger partial charge >= 0.3 is 0 Å². The van der Waals surface area contributed by atoms with Gasteiger partial charge in [-0.2, -0.15) is 10.4 Å². The highest BCUT2D eigenvalue weighted by Crippen LogP contribution is 2.34. The Morgan fingerprint density at radius 1 is 1.14 bits per heavy atom. The Morgan fingerprint density at radius 2 is 1.89 bits per heavy atom. The van der Waals surface area contributed by atoms with Crippen molar-refractivity contribution < 1.29 is 0 Å². The van der Waals surface area contributed by atoms with Gasteiger partial charge in [0.2, 0.25) is 0 Å². The molecule has 186 valence electrons. The van der Waals surface area contributed by atoms with Crippen LogP contribution in [0.5, 0.6) is 0 Å². The monoisotopic (exact) mass is 484 g/mol. The molecule has 0 bridgehead atoms. The second-order valence-electron chi connectivity index (χ2n) is 9.58. The van der Waals surface area contributed by atoms with E-state index >= 15 is 0 Å².